The van der Waals surface area contributed by atoms with Gasteiger partial charge in [0.25, 0.3) is 0 Å². The number of nitrogens with zero attached hydrogens (tertiary/aromatic N) is 2. The molecule has 3 rings (SSSR count). The summed E-state index contributed by atoms with van der Waals surface area (Å²) in [6.45, 7) is 1.77. The number of phenols is 2. The molecule has 2 aromatic rings. The molecule has 0 spiro atoms. The van der Waals surface area contributed by atoms with Gasteiger partial charge >= 0.3 is 5.97 Å². The van der Waals surface area contributed by atoms with Gasteiger partial charge in [0, 0.05) is 11.8 Å². The van der Waals surface area contributed by atoms with Gasteiger partial charge < -0.3 is 20.3 Å². The molecule has 1 aliphatic rings. The quantitative estimate of drug-likeness (QED) is 0.577. The van der Waals surface area contributed by atoms with Crippen molar-refractivity contribution in [1.82, 2.24) is 9.78 Å². The van der Waals surface area contributed by atoms with Crippen molar-refractivity contribution < 1.29 is 19.7 Å². The number of aromatic nitrogens is 2. The van der Waals surface area contributed by atoms with E-state index in [-0.39, 0.29) is 11.5 Å². The molecule has 114 valence electrons. The van der Waals surface area contributed by atoms with E-state index in [0.717, 1.165) is 5.82 Å². The van der Waals surface area contributed by atoms with E-state index in [9.17, 15) is 15.0 Å². The summed E-state index contributed by atoms with van der Waals surface area (Å²) in [6.07, 6.45) is 1.61. The number of esters is 1. The standard InChI is InChI=1S/C15H15N3O4/c1-8-13(15(21)22-2)14(18-12(17-8)5-6-16-18)9-3-4-10(19)11(20)7-9/h3-7,14,17,19-20H,1-2H3. The molecule has 1 atom stereocenters. The fourth-order valence-corrected chi connectivity index (χ4v) is 2.60. The minimum absolute atomic E-state index is 0.223. The summed E-state index contributed by atoms with van der Waals surface area (Å²) in [4.78, 5) is 12.2. The van der Waals surface area contributed by atoms with Crippen molar-refractivity contribution in [2.45, 2.75) is 13.0 Å². The molecule has 0 radical (unpaired) electrons. The van der Waals surface area contributed by atoms with Crippen molar-refractivity contribution in [3.8, 4) is 11.5 Å². The second-order valence-electron chi connectivity index (χ2n) is 4.97. The van der Waals surface area contributed by atoms with E-state index in [1.807, 2.05) is 0 Å². The number of methoxy groups -OCH3 is 1. The Balaban J connectivity index is 2.20. The molecule has 1 aromatic heterocycles. The number of phenolic OH excluding ortho intramolecular Hbond substituents is 2. The molecule has 3 N–H and O–H groups in total. The van der Waals surface area contributed by atoms with E-state index < -0.39 is 12.0 Å². The fraction of sp³-hybridized carbons (Fsp3) is 0.200. The number of fused-ring (bicyclic) bond motifs is 1. The number of anilines is 1. The summed E-state index contributed by atoms with van der Waals surface area (Å²) < 4.78 is 6.50. The van der Waals surface area contributed by atoms with E-state index >= 15 is 0 Å². The lowest BCUT2D eigenvalue weighted by Crippen LogP contribution is -2.28. The van der Waals surface area contributed by atoms with Crippen LogP contribution in [-0.2, 0) is 9.53 Å². The summed E-state index contributed by atoms with van der Waals surface area (Å²) in [6, 6.07) is 5.65. The van der Waals surface area contributed by atoms with Crippen molar-refractivity contribution in [3.63, 3.8) is 0 Å². The molecule has 0 saturated carbocycles. The minimum Gasteiger partial charge on any atom is -0.504 e. The molecule has 7 nitrogen and oxygen atoms in total. The van der Waals surface area contributed by atoms with Crippen LogP contribution in [0, 0.1) is 0 Å². The van der Waals surface area contributed by atoms with Crippen molar-refractivity contribution >= 4 is 11.8 Å². The molecular formula is C15H15N3O4. The predicted molar refractivity (Wildman–Crippen MR) is 78.5 cm³/mol. The number of ether oxygens (including phenoxy) is 1. The zero-order chi connectivity index (χ0) is 15.9. The molecule has 22 heavy (non-hydrogen) atoms. The minimum atomic E-state index is -0.551. The van der Waals surface area contributed by atoms with E-state index in [4.69, 9.17) is 4.74 Å². The second kappa shape index (κ2) is 5.10. The largest absolute Gasteiger partial charge is 0.504 e. The third-order valence-electron chi connectivity index (χ3n) is 3.63. The lowest BCUT2D eigenvalue weighted by Gasteiger charge is -2.29. The van der Waals surface area contributed by atoms with Gasteiger partial charge in [-0.15, -0.1) is 0 Å². The van der Waals surface area contributed by atoms with Gasteiger partial charge in [-0.25, -0.2) is 9.48 Å². The molecule has 1 aliphatic heterocycles. The fourth-order valence-electron chi connectivity index (χ4n) is 2.60. The number of carbonyl (C=O) groups excluding carboxylic acids is 1. The van der Waals surface area contributed by atoms with Crippen molar-refractivity contribution in [1.29, 1.82) is 0 Å². The number of benzene rings is 1. The molecule has 2 heterocycles. The number of nitrogens with one attached hydrogen (secondary N) is 1. The molecule has 1 unspecified atom stereocenters. The van der Waals surface area contributed by atoms with E-state index in [0.29, 0.717) is 16.8 Å². The van der Waals surface area contributed by atoms with Gasteiger partial charge in [-0.3, -0.25) is 0 Å². The average Bonchev–Trinajstić information content (AvgIpc) is 2.95. The summed E-state index contributed by atoms with van der Waals surface area (Å²) >= 11 is 0. The van der Waals surface area contributed by atoms with Gasteiger partial charge in [0.1, 0.15) is 11.9 Å². The first-order valence-corrected chi connectivity index (χ1v) is 6.64. The van der Waals surface area contributed by atoms with Crippen molar-refractivity contribution in [2.75, 3.05) is 12.4 Å². The van der Waals surface area contributed by atoms with Crippen LogP contribution < -0.4 is 5.32 Å². The Hall–Kier alpha value is -2.96. The van der Waals surface area contributed by atoms with Crippen LogP contribution in [0.1, 0.15) is 18.5 Å². The number of rotatable bonds is 2. The maximum absolute atomic E-state index is 12.2. The second-order valence-corrected chi connectivity index (χ2v) is 4.97. The van der Waals surface area contributed by atoms with Gasteiger partial charge in [0.2, 0.25) is 0 Å². The third kappa shape index (κ3) is 2.07. The zero-order valence-electron chi connectivity index (χ0n) is 12.1. The third-order valence-corrected chi connectivity index (χ3v) is 3.63. The van der Waals surface area contributed by atoms with Gasteiger partial charge in [-0.2, -0.15) is 5.10 Å². The summed E-state index contributed by atoms with van der Waals surface area (Å²) in [5.41, 5.74) is 1.66. The van der Waals surface area contributed by atoms with E-state index in [1.165, 1.54) is 19.2 Å². The van der Waals surface area contributed by atoms with Crippen LogP contribution in [0.3, 0.4) is 0 Å². The molecule has 7 heteroatoms. The number of hydrogen-bond acceptors (Lipinski definition) is 6. The molecule has 0 aliphatic carbocycles. The van der Waals surface area contributed by atoms with Crippen LogP contribution in [0.5, 0.6) is 11.5 Å². The van der Waals surface area contributed by atoms with E-state index in [1.54, 1.807) is 29.9 Å². The Morgan fingerprint density at radius 3 is 2.77 bits per heavy atom. The SMILES string of the molecule is COC(=O)C1=C(C)Nc2ccnn2C1c1ccc(O)c(O)c1. The van der Waals surface area contributed by atoms with Gasteiger partial charge in [-0.1, -0.05) is 6.07 Å². The van der Waals surface area contributed by atoms with Crippen molar-refractivity contribution in [2.24, 2.45) is 0 Å². The first-order valence-electron chi connectivity index (χ1n) is 6.64. The molecule has 0 amide bonds. The highest BCUT2D eigenvalue weighted by molar-refractivity contribution is 5.92. The Kier molecular flexibility index (Phi) is 3.25. The van der Waals surface area contributed by atoms with Crippen LogP contribution in [0.4, 0.5) is 5.82 Å². The number of carbonyl (C=O) groups is 1. The lowest BCUT2D eigenvalue weighted by atomic mass is 9.95. The molecule has 0 saturated heterocycles. The molecule has 1 aromatic carbocycles. The highest BCUT2D eigenvalue weighted by Crippen LogP contribution is 2.38. The molecule has 0 bridgehead atoms. The normalized spacial score (nSPS) is 16.9. The highest BCUT2D eigenvalue weighted by Gasteiger charge is 2.33. The summed E-state index contributed by atoms with van der Waals surface area (Å²) in [5, 5.41) is 26.6. The zero-order valence-corrected chi connectivity index (χ0v) is 12.1. The van der Waals surface area contributed by atoms with Crippen LogP contribution in [0.15, 0.2) is 41.7 Å². The number of hydrogen-bond donors (Lipinski definition) is 3. The lowest BCUT2D eigenvalue weighted by molar-refractivity contribution is -0.136. The maximum Gasteiger partial charge on any atom is 0.338 e. The monoisotopic (exact) mass is 301 g/mol. The average molecular weight is 301 g/mol. The molecule has 0 fully saturated rings. The van der Waals surface area contributed by atoms with Crippen LogP contribution in [-0.4, -0.2) is 33.1 Å². The smallest absolute Gasteiger partial charge is 0.338 e. The van der Waals surface area contributed by atoms with Gasteiger partial charge in [0.05, 0.1) is 18.9 Å². The summed E-state index contributed by atoms with van der Waals surface area (Å²) in [7, 11) is 1.31. The topological polar surface area (TPSA) is 96.6 Å². The number of aromatic hydroxyl groups is 2. The first-order chi connectivity index (χ1) is 10.5. The van der Waals surface area contributed by atoms with E-state index in [2.05, 4.69) is 10.4 Å². The van der Waals surface area contributed by atoms with Gasteiger partial charge in [0.15, 0.2) is 11.5 Å². The number of allylic oxidation sites excluding steroid dienone is 1. The Labute approximate surface area is 126 Å². The highest BCUT2D eigenvalue weighted by atomic mass is 16.5. The predicted octanol–water partition coefficient (Wildman–Crippen LogP) is 1.76. The van der Waals surface area contributed by atoms with Crippen LogP contribution >= 0.6 is 0 Å². The Morgan fingerprint density at radius 2 is 2.09 bits per heavy atom. The Bertz CT molecular complexity index is 779. The van der Waals surface area contributed by atoms with Crippen molar-refractivity contribution in [3.05, 3.63) is 47.3 Å². The van der Waals surface area contributed by atoms with Crippen LogP contribution in [0.2, 0.25) is 0 Å². The first kappa shape index (κ1) is 14.0. The van der Waals surface area contributed by atoms with Gasteiger partial charge in [-0.05, 0) is 24.6 Å². The van der Waals surface area contributed by atoms with Crippen LogP contribution in [0.25, 0.3) is 0 Å². The summed E-state index contributed by atoms with van der Waals surface area (Å²) in [5.74, 6) is -0.239. The Morgan fingerprint density at radius 1 is 1.32 bits per heavy atom. The maximum atomic E-state index is 12.2. The molecular weight excluding hydrogens is 286 g/mol.